The molecule has 57 heavy (non-hydrogen) atoms. The molecule has 0 spiro atoms. The maximum absolute atomic E-state index is 5.04. The zero-order valence-corrected chi connectivity index (χ0v) is 34.6. The SMILES string of the molecule is CCN1C(=CC=Cc2n(-c3ccccc3)c3ccc(-c4nc(-c5cccs5)cs4)cc3[n+]2CC)N(c2ccccc2)c2ccc(-c3nc(-c4cccs4)cs3)cc21. The molecule has 10 heteroatoms. The second-order valence-corrected chi connectivity index (χ2v) is 17.1. The van der Waals surface area contributed by atoms with E-state index in [-0.39, 0.29) is 0 Å². The molecule has 6 heterocycles. The first-order chi connectivity index (χ1) is 28.2. The zero-order valence-electron chi connectivity index (χ0n) is 31.3. The van der Waals surface area contributed by atoms with E-state index in [0.717, 1.165) is 79.8 Å². The minimum atomic E-state index is 0.810. The standard InChI is InChI=1S/C47H37N6S4/c1-3-50-40-28-32(46-48-36(30-56-46)42-18-12-26-54-42)22-24-38(40)52(34-14-7-5-8-15-34)44(50)20-11-21-45-51(4-2)41-29-33(47-49-37(31-57-47)43-19-13-27-55-43)23-25-39(41)53(45)35-16-9-6-10-17-35/h5-31H,3-4H2,1-2H3/q+1. The van der Waals surface area contributed by atoms with Crippen LogP contribution < -0.4 is 14.4 Å². The van der Waals surface area contributed by atoms with Gasteiger partial charge in [-0.2, -0.15) is 4.57 Å². The van der Waals surface area contributed by atoms with E-state index in [1.54, 1.807) is 45.3 Å². The fourth-order valence-corrected chi connectivity index (χ4v) is 10.8. The molecule has 4 aromatic carbocycles. The highest BCUT2D eigenvalue weighted by Gasteiger charge is 2.32. The minimum absolute atomic E-state index is 0.810. The van der Waals surface area contributed by atoms with Crippen LogP contribution in [0.4, 0.5) is 17.1 Å². The Hall–Kier alpha value is -5.91. The number of allylic oxidation sites excluding steroid dienone is 2. The number of anilines is 3. The fourth-order valence-electron chi connectivity index (χ4n) is 7.66. The van der Waals surface area contributed by atoms with Crippen molar-refractivity contribution in [1.29, 1.82) is 0 Å². The molecule has 9 aromatic rings. The number of thiophene rings is 2. The molecule has 1 aliphatic heterocycles. The van der Waals surface area contributed by atoms with Gasteiger partial charge in [-0.05, 0) is 103 Å². The van der Waals surface area contributed by atoms with E-state index in [9.17, 15) is 0 Å². The van der Waals surface area contributed by atoms with Gasteiger partial charge >= 0.3 is 0 Å². The first-order valence-electron chi connectivity index (χ1n) is 19.0. The van der Waals surface area contributed by atoms with Crippen molar-refractivity contribution < 1.29 is 4.57 Å². The van der Waals surface area contributed by atoms with Gasteiger partial charge in [-0.15, -0.1) is 45.3 Å². The first-order valence-corrected chi connectivity index (χ1v) is 22.5. The number of aryl methyl sites for hydroxylation is 1. The van der Waals surface area contributed by atoms with Crippen LogP contribution in [0.1, 0.15) is 19.7 Å². The minimum Gasteiger partial charge on any atom is -0.326 e. The lowest BCUT2D eigenvalue weighted by Gasteiger charge is -2.24. The zero-order chi connectivity index (χ0) is 38.3. The highest BCUT2D eigenvalue weighted by atomic mass is 32.1. The molecule has 0 N–H and O–H groups in total. The van der Waals surface area contributed by atoms with E-state index in [0.29, 0.717) is 0 Å². The summed E-state index contributed by atoms with van der Waals surface area (Å²) in [5.41, 5.74) is 11.2. The maximum atomic E-state index is 5.04. The van der Waals surface area contributed by atoms with Crippen molar-refractivity contribution in [2.75, 3.05) is 16.3 Å². The number of fused-ring (bicyclic) bond motifs is 2. The Balaban J connectivity index is 1.07. The van der Waals surface area contributed by atoms with Gasteiger partial charge < -0.3 is 4.90 Å². The molecule has 1 aliphatic rings. The molecule has 0 radical (unpaired) electrons. The van der Waals surface area contributed by atoms with Crippen molar-refractivity contribution in [2.45, 2.75) is 20.4 Å². The van der Waals surface area contributed by atoms with Crippen LogP contribution in [0.3, 0.4) is 0 Å². The second-order valence-electron chi connectivity index (χ2n) is 13.5. The molecule has 0 amide bonds. The van der Waals surface area contributed by atoms with Gasteiger partial charge in [0.2, 0.25) is 0 Å². The average molecular weight is 814 g/mol. The summed E-state index contributed by atoms with van der Waals surface area (Å²) in [5.74, 6) is 2.20. The van der Waals surface area contributed by atoms with Gasteiger partial charge in [0.25, 0.3) is 5.82 Å². The second kappa shape index (κ2) is 15.2. The Kier molecular flexibility index (Phi) is 9.47. The van der Waals surface area contributed by atoms with Gasteiger partial charge in [0.1, 0.15) is 21.5 Å². The Bertz CT molecular complexity index is 2880. The number of imidazole rings is 1. The van der Waals surface area contributed by atoms with E-state index in [4.69, 9.17) is 9.97 Å². The Labute approximate surface area is 347 Å². The van der Waals surface area contributed by atoms with Crippen LogP contribution in [0.25, 0.3) is 65.1 Å². The lowest BCUT2D eigenvalue weighted by molar-refractivity contribution is -0.670. The summed E-state index contributed by atoms with van der Waals surface area (Å²) in [6.45, 7) is 6.07. The molecule has 0 bridgehead atoms. The van der Waals surface area contributed by atoms with Gasteiger partial charge in [0, 0.05) is 40.2 Å². The number of hydrogen-bond acceptors (Lipinski definition) is 8. The highest BCUT2D eigenvalue weighted by Crippen LogP contribution is 2.48. The highest BCUT2D eigenvalue weighted by molar-refractivity contribution is 7.16. The van der Waals surface area contributed by atoms with Gasteiger partial charge in [-0.1, -0.05) is 54.6 Å². The van der Waals surface area contributed by atoms with Crippen molar-refractivity contribution in [3.63, 3.8) is 0 Å². The quantitative estimate of drug-likeness (QED) is 0.129. The van der Waals surface area contributed by atoms with E-state index in [2.05, 4.69) is 194 Å². The lowest BCUT2D eigenvalue weighted by Crippen LogP contribution is -2.35. The molecule has 0 saturated heterocycles. The predicted molar refractivity (Wildman–Crippen MR) is 243 cm³/mol. The molecule has 5 aromatic heterocycles. The van der Waals surface area contributed by atoms with Crippen molar-refractivity contribution in [2.24, 2.45) is 0 Å². The lowest BCUT2D eigenvalue weighted by atomic mass is 10.1. The van der Waals surface area contributed by atoms with Crippen LogP contribution in [0.15, 0.2) is 161 Å². The van der Waals surface area contributed by atoms with Crippen LogP contribution in [0, 0.1) is 0 Å². The smallest absolute Gasteiger partial charge is 0.287 e. The summed E-state index contributed by atoms with van der Waals surface area (Å²) in [7, 11) is 0. The van der Waals surface area contributed by atoms with Crippen molar-refractivity contribution in [3.8, 4) is 48.0 Å². The Morgan fingerprint density at radius 2 is 1.26 bits per heavy atom. The number of hydrogen-bond donors (Lipinski definition) is 0. The van der Waals surface area contributed by atoms with Crippen molar-refractivity contribution >= 4 is 79.5 Å². The summed E-state index contributed by atoms with van der Waals surface area (Å²) < 4.78 is 4.78. The largest absolute Gasteiger partial charge is 0.326 e. The van der Waals surface area contributed by atoms with Crippen LogP contribution in [0.2, 0.25) is 0 Å². The molecule has 0 unspecified atom stereocenters. The average Bonchev–Trinajstić information content (AvgIpc) is 4.12. The van der Waals surface area contributed by atoms with E-state index in [1.807, 2.05) is 0 Å². The summed E-state index contributed by atoms with van der Waals surface area (Å²) in [6, 6.07) is 43.3. The number of rotatable bonds is 10. The number of aromatic nitrogens is 4. The number of nitrogens with zero attached hydrogens (tertiary/aromatic N) is 6. The molecular weight excluding hydrogens is 777 g/mol. The van der Waals surface area contributed by atoms with Crippen LogP contribution in [-0.4, -0.2) is 21.1 Å². The number of benzene rings is 4. The van der Waals surface area contributed by atoms with E-state index >= 15 is 0 Å². The number of para-hydroxylation sites is 2. The van der Waals surface area contributed by atoms with Gasteiger partial charge in [-0.25, -0.2) is 14.5 Å². The van der Waals surface area contributed by atoms with Crippen molar-refractivity contribution in [1.82, 2.24) is 14.5 Å². The fraction of sp³-hybridized carbons (Fsp3) is 0.0851. The molecular formula is C47H37N6S4+. The maximum Gasteiger partial charge on any atom is 0.287 e. The first kappa shape index (κ1) is 35.5. The molecule has 278 valence electrons. The van der Waals surface area contributed by atoms with Gasteiger partial charge in [-0.3, -0.25) is 4.90 Å². The summed E-state index contributed by atoms with van der Waals surface area (Å²) in [6.07, 6.45) is 6.73. The van der Waals surface area contributed by atoms with Crippen LogP contribution in [0.5, 0.6) is 0 Å². The summed E-state index contributed by atoms with van der Waals surface area (Å²) in [5, 5.41) is 10.6. The molecule has 0 saturated carbocycles. The van der Waals surface area contributed by atoms with Gasteiger partial charge in [0.05, 0.1) is 39.1 Å². The van der Waals surface area contributed by atoms with E-state index in [1.165, 1.54) is 21.0 Å². The third kappa shape index (κ3) is 6.44. The monoisotopic (exact) mass is 813 g/mol. The topological polar surface area (TPSA) is 41.1 Å². The van der Waals surface area contributed by atoms with E-state index < -0.39 is 0 Å². The Morgan fingerprint density at radius 3 is 1.88 bits per heavy atom. The molecule has 6 nitrogen and oxygen atoms in total. The van der Waals surface area contributed by atoms with Crippen LogP contribution >= 0.6 is 45.3 Å². The third-order valence-corrected chi connectivity index (χ3v) is 13.8. The van der Waals surface area contributed by atoms with Crippen LogP contribution in [-0.2, 0) is 6.54 Å². The Morgan fingerprint density at radius 1 is 0.632 bits per heavy atom. The normalized spacial score (nSPS) is 13.5. The summed E-state index contributed by atoms with van der Waals surface area (Å²) >= 11 is 6.85. The summed E-state index contributed by atoms with van der Waals surface area (Å²) in [4.78, 5) is 17.3. The van der Waals surface area contributed by atoms with Crippen molar-refractivity contribution in [3.05, 3.63) is 167 Å². The molecule has 0 fully saturated rings. The predicted octanol–water partition coefficient (Wildman–Crippen LogP) is 13.2. The van der Waals surface area contributed by atoms with Gasteiger partial charge in [0.15, 0.2) is 11.0 Å². The molecule has 10 rings (SSSR count). The number of thiazole rings is 2. The molecule has 0 atom stereocenters. The molecule has 0 aliphatic carbocycles. The third-order valence-electron chi connectivity index (χ3n) is 10.2.